The van der Waals surface area contributed by atoms with Gasteiger partial charge in [-0.15, -0.1) is 0 Å². The van der Waals surface area contributed by atoms with Gasteiger partial charge in [0, 0.05) is 19.3 Å². The number of hydrogen-bond acceptors (Lipinski definition) is 3. The molecule has 1 aromatic carbocycles. The van der Waals surface area contributed by atoms with Gasteiger partial charge in [-0.3, -0.25) is 0 Å². The standard InChI is InChI=1S/C15H19N3/c1-11-5-4-6-12(2)15(11)10-16-9-14-7-8-17-13(3)18-14/h4-8,16H,9-10H2,1-3H3. The van der Waals surface area contributed by atoms with Crippen LogP contribution < -0.4 is 5.32 Å². The number of hydrogen-bond donors (Lipinski definition) is 1. The van der Waals surface area contributed by atoms with Gasteiger partial charge < -0.3 is 5.32 Å². The summed E-state index contributed by atoms with van der Waals surface area (Å²) in [6, 6.07) is 8.35. The minimum atomic E-state index is 0.775. The number of aromatic nitrogens is 2. The molecule has 0 aliphatic heterocycles. The van der Waals surface area contributed by atoms with E-state index in [9.17, 15) is 0 Å². The summed E-state index contributed by atoms with van der Waals surface area (Å²) in [5, 5.41) is 3.44. The number of nitrogens with one attached hydrogen (secondary N) is 1. The topological polar surface area (TPSA) is 37.8 Å². The molecule has 2 aromatic rings. The van der Waals surface area contributed by atoms with Crippen molar-refractivity contribution < 1.29 is 0 Å². The van der Waals surface area contributed by atoms with E-state index in [1.165, 1.54) is 16.7 Å². The molecular weight excluding hydrogens is 222 g/mol. The third-order valence-electron chi connectivity index (χ3n) is 3.09. The second-order valence-electron chi connectivity index (χ2n) is 4.57. The molecular formula is C15H19N3. The first-order valence-corrected chi connectivity index (χ1v) is 6.21. The monoisotopic (exact) mass is 241 g/mol. The molecule has 0 radical (unpaired) electrons. The molecule has 0 amide bonds. The van der Waals surface area contributed by atoms with Gasteiger partial charge in [-0.1, -0.05) is 18.2 Å². The van der Waals surface area contributed by atoms with Gasteiger partial charge >= 0.3 is 0 Å². The Kier molecular flexibility index (Phi) is 4.05. The summed E-state index contributed by atoms with van der Waals surface area (Å²) in [5.41, 5.74) is 5.08. The average molecular weight is 241 g/mol. The second kappa shape index (κ2) is 5.74. The highest BCUT2D eigenvalue weighted by atomic mass is 14.9. The van der Waals surface area contributed by atoms with Gasteiger partial charge in [0.2, 0.25) is 0 Å². The summed E-state index contributed by atoms with van der Waals surface area (Å²) < 4.78 is 0. The van der Waals surface area contributed by atoms with E-state index in [1.807, 2.05) is 13.0 Å². The third-order valence-corrected chi connectivity index (χ3v) is 3.09. The molecule has 0 aliphatic rings. The van der Waals surface area contributed by atoms with Gasteiger partial charge in [0.15, 0.2) is 0 Å². The summed E-state index contributed by atoms with van der Waals surface area (Å²) in [7, 11) is 0. The first-order valence-electron chi connectivity index (χ1n) is 6.21. The SMILES string of the molecule is Cc1nccc(CNCc2c(C)cccc2C)n1. The lowest BCUT2D eigenvalue weighted by Gasteiger charge is -2.10. The molecule has 0 saturated carbocycles. The molecule has 1 aromatic heterocycles. The lowest BCUT2D eigenvalue weighted by molar-refractivity contribution is 0.670. The molecule has 3 nitrogen and oxygen atoms in total. The van der Waals surface area contributed by atoms with Crippen molar-refractivity contribution >= 4 is 0 Å². The largest absolute Gasteiger partial charge is 0.307 e. The van der Waals surface area contributed by atoms with Crippen molar-refractivity contribution in [1.82, 2.24) is 15.3 Å². The van der Waals surface area contributed by atoms with E-state index in [-0.39, 0.29) is 0 Å². The quantitative estimate of drug-likeness (QED) is 0.894. The van der Waals surface area contributed by atoms with Crippen LogP contribution in [0.15, 0.2) is 30.5 Å². The Morgan fingerprint density at radius 2 is 1.72 bits per heavy atom. The maximum atomic E-state index is 4.38. The zero-order valence-electron chi connectivity index (χ0n) is 11.2. The zero-order valence-corrected chi connectivity index (χ0v) is 11.2. The summed E-state index contributed by atoms with van der Waals surface area (Å²) in [5.74, 6) is 0.821. The van der Waals surface area contributed by atoms with Gasteiger partial charge in [-0.2, -0.15) is 0 Å². The fourth-order valence-corrected chi connectivity index (χ4v) is 2.05. The Morgan fingerprint density at radius 3 is 2.39 bits per heavy atom. The van der Waals surface area contributed by atoms with Gasteiger partial charge in [0.05, 0.1) is 5.69 Å². The fourth-order valence-electron chi connectivity index (χ4n) is 2.05. The Balaban J connectivity index is 1.97. The maximum absolute atomic E-state index is 4.38. The highest BCUT2D eigenvalue weighted by Crippen LogP contribution is 2.12. The molecule has 0 unspecified atom stereocenters. The van der Waals surface area contributed by atoms with Gasteiger partial charge in [-0.05, 0) is 43.5 Å². The molecule has 0 bridgehead atoms. The summed E-state index contributed by atoms with van der Waals surface area (Å²) in [6.07, 6.45) is 1.80. The van der Waals surface area contributed by atoms with Crippen LogP contribution in [0.5, 0.6) is 0 Å². The van der Waals surface area contributed by atoms with Crippen molar-refractivity contribution in [3.05, 3.63) is 58.7 Å². The van der Waals surface area contributed by atoms with Crippen LogP contribution in [0.25, 0.3) is 0 Å². The number of benzene rings is 1. The lowest BCUT2D eigenvalue weighted by Crippen LogP contribution is -2.15. The molecule has 18 heavy (non-hydrogen) atoms. The van der Waals surface area contributed by atoms with E-state index in [1.54, 1.807) is 6.20 Å². The molecule has 0 saturated heterocycles. The first-order chi connectivity index (χ1) is 8.66. The van der Waals surface area contributed by atoms with E-state index in [4.69, 9.17) is 0 Å². The van der Waals surface area contributed by atoms with Gasteiger partial charge in [0.1, 0.15) is 5.82 Å². The number of aryl methyl sites for hydroxylation is 3. The van der Waals surface area contributed by atoms with Gasteiger partial charge in [0.25, 0.3) is 0 Å². The highest BCUT2D eigenvalue weighted by Gasteiger charge is 2.02. The van der Waals surface area contributed by atoms with Gasteiger partial charge in [-0.25, -0.2) is 9.97 Å². The molecule has 0 fully saturated rings. The first kappa shape index (κ1) is 12.7. The molecule has 0 aliphatic carbocycles. The minimum absolute atomic E-state index is 0.775. The lowest BCUT2D eigenvalue weighted by atomic mass is 10.0. The Morgan fingerprint density at radius 1 is 1.00 bits per heavy atom. The number of rotatable bonds is 4. The highest BCUT2D eigenvalue weighted by molar-refractivity contribution is 5.33. The van der Waals surface area contributed by atoms with Crippen LogP contribution in [0.3, 0.4) is 0 Å². The molecule has 1 heterocycles. The Hall–Kier alpha value is -1.74. The van der Waals surface area contributed by atoms with Crippen molar-refractivity contribution in [3.8, 4) is 0 Å². The molecule has 0 spiro atoms. The molecule has 2 rings (SSSR count). The van der Waals surface area contributed by atoms with Crippen molar-refractivity contribution in [2.45, 2.75) is 33.9 Å². The third kappa shape index (κ3) is 3.14. The molecule has 3 heteroatoms. The summed E-state index contributed by atoms with van der Waals surface area (Å²) >= 11 is 0. The van der Waals surface area contributed by atoms with E-state index in [0.717, 1.165) is 24.6 Å². The van der Waals surface area contributed by atoms with Crippen LogP contribution in [0.4, 0.5) is 0 Å². The Bertz CT molecular complexity index is 515. The van der Waals surface area contributed by atoms with Crippen LogP contribution in [-0.2, 0) is 13.1 Å². The minimum Gasteiger partial charge on any atom is -0.307 e. The van der Waals surface area contributed by atoms with Crippen molar-refractivity contribution in [3.63, 3.8) is 0 Å². The van der Waals surface area contributed by atoms with Crippen molar-refractivity contribution in [2.75, 3.05) is 0 Å². The second-order valence-corrected chi connectivity index (χ2v) is 4.57. The van der Waals surface area contributed by atoms with Crippen LogP contribution in [0.1, 0.15) is 28.2 Å². The van der Waals surface area contributed by atoms with Crippen LogP contribution >= 0.6 is 0 Å². The van der Waals surface area contributed by atoms with E-state index in [2.05, 4.69) is 47.3 Å². The van der Waals surface area contributed by atoms with Crippen molar-refractivity contribution in [1.29, 1.82) is 0 Å². The Labute approximate surface area is 108 Å². The molecule has 1 N–H and O–H groups in total. The van der Waals surface area contributed by atoms with Crippen LogP contribution in [-0.4, -0.2) is 9.97 Å². The zero-order chi connectivity index (χ0) is 13.0. The normalized spacial score (nSPS) is 10.6. The van der Waals surface area contributed by atoms with Crippen LogP contribution in [0.2, 0.25) is 0 Å². The number of nitrogens with zero attached hydrogens (tertiary/aromatic N) is 2. The van der Waals surface area contributed by atoms with Crippen LogP contribution in [0, 0.1) is 20.8 Å². The van der Waals surface area contributed by atoms with Crippen molar-refractivity contribution in [2.24, 2.45) is 0 Å². The molecule has 94 valence electrons. The predicted molar refractivity (Wildman–Crippen MR) is 73.2 cm³/mol. The summed E-state index contributed by atoms with van der Waals surface area (Å²) in [4.78, 5) is 8.47. The van der Waals surface area contributed by atoms with E-state index in [0.29, 0.717) is 0 Å². The van der Waals surface area contributed by atoms with E-state index >= 15 is 0 Å². The van der Waals surface area contributed by atoms with E-state index < -0.39 is 0 Å². The maximum Gasteiger partial charge on any atom is 0.125 e. The predicted octanol–water partition coefficient (Wildman–Crippen LogP) is 2.69. The average Bonchev–Trinajstić information content (AvgIpc) is 2.33. The molecule has 0 atom stereocenters. The smallest absolute Gasteiger partial charge is 0.125 e. The fraction of sp³-hybridized carbons (Fsp3) is 0.333. The summed E-state index contributed by atoms with van der Waals surface area (Å²) in [6.45, 7) is 7.87.